The minimum atomic E-state index is -0.577. The molecule has 1 unspecified atom stereocenters. The summed E-state index contributed by atoms with van der Waals surface area (Å²) in [6.45, 7) is 1.43. The van der Waals surface area contributed by atoms with Crippen LogP contribution in [0.1, 0.15) is 24.1 Å². The summed E-state index contributed by atoms with van der Waals surface area (Å²) in [5.74, 6) is -0.0740. The number of nitrogens with two attached hydrogens (primary N) is 1. The maximum atomic E-state index is 11.0. The Morgan fingerprint density at radius 1 is 1.62 bits per heavy atom. The molecule has 3 heteroatoms. The fourth-order valence-electron chi connectivity index (χ4n) is 1.12. The second-order valence-electron chi connectivity index (χ2n) is 2.99. The SMILES string of the molecule is CC(=O)C(N)c1cccc(CO)c1. The van der Waals surface area contributed by atoms with E-state index in [1.807, 2.05) is 0 Å². The quantitative estimate of drug-likeness (QED) is 0.720. The van der Waals surface area contributed by atoms with Crippen LogP contribution in [0, 0.1) is 0 Å². The summed E-state index contributed by atoms with van der Waals surface area (Å²) in [5.41, 5.74) is 7.15. The van der Waals surface area contributed by atoms with Gasteiger partial charge in [0.1, 0.15) is 0 Å². The Bertz CT molecular complexity index is 310. The van der Waals surface area contributed by atoms with Gasteiger partial charge in [0, 0.05) is 0 Å². The van der Waals surface area contributed by atoms with Gasteiger partial charge in [-0.1, -0.05) is 24.3 Å². The Morgan fingerprint density at radius 2 is 2.31 bits per heavy atom. The van der Waals surface area contributed by atoms with Crippen molar-refractivity contribution in [3.63, 3.8) is 0 Å². The lowest BCUT2D eigenvalue weighted by atomic mass is 10.0. The number of hydrogen-bond donors (Lipinski definition) is 2. The van der Waals surface area contributed by atoms with E-state index in [4.69, 9.17) is 10.8 Å². The third kappa shape index (κ3) is 2.37. The molecule has 0 aliphatic carbocycles. The minimum Gasteiger partial charge on any atom is -0.392 e. The van der Waals surface area contributed by atoms with Crippen molar-refractivity contribution in [2.45, 2.75) is 19.6 Å². The number of carbonyl (C=O) groups is 1. The van der Waals surface area contributed by atoms with Crippen LogP contribution in [0.4, 0.5) is 0 Å². The predicted molar refractivity (Wildman–Crippen MR) is 50.0 cm³/mol. The van der Waals surface area contributed by atoms with Crippen molar-refractivity contribution in [3.05, 3.63) is 35.4 Å². The maximum absolute atomic E-state index is 11.0. The number of carbonyl (C=O) groups excluding carboxylic acids is 1. The van der Waals surface area contributed by atoms with Crippen LogP contribution in [0.3, 0.4) is 0 Å². The van der Waals surface area contributed by atoms with Crippen molar-refractivity contribution >= 4 is 5.78 Å². The summed E-state index contributed by atoms with van der Waals surface area (Å²) in [7, 11) is 0. The molecule has 0 aliphatic rings. The molecule has 0 aromatic heterocycles. The molecular weight excluding hydrogens is 166 g/mol. The lowest BCUT2D eigenvalue weighted by Gasteiger charge is -2.08. The summed E-state index contributed by atoms with van der Waals surface area (Å²) in [4.78, 5) is 11.0. The zero-order valence-electron chi connectivity index (χ0n) is 7.53. The van der Waals surface area contributed by atoms with Crippen LogP contribution in [0.5, 0.6) is 0 Å². The number of hydrogen-bond acceptors (Lipinski definition) is 3. The van der Waals surface area contributed by atoms with Crippen LogP contribution in [0.25, 0.3) is 0 Å². The molecule has 0 spiro atoms. The molecule has 0 heterocycles. The average molecular weight is 179 g/mol. The number of rotatable bonds is 3. The smallest absolute Gasteiger partial charge is 0.150 e. The van der Waals surface area contributed by atoms with Crippen LogP contribution < -0.4 is 5.73 Å². The highest BCUT2D eigenvalue weighted by atomic mass is 16.3. The van der Waals surface area contributed by atoms with Gasteiger partial charge in [0.15, 0.2) is 5.78 Å². The highest BCUT2D eigenvalue weighted by Crippen LogP contribution is 2.13. The van der Waals surface area contributed by atoms with Gasteiger partial charge >= 0.3 is 0 Å². The Balaban J connectivity index is 2.94. The molecule has 0 saturated heterocycles. The molecule has 1 rings (SSSR count). The minimum absolute atomic E-state index is 0.0293. The number of aliphatic hydroxyl groups is 1. The van der Waals surface area contributed by atoms with E-state index in [9.17, 15) is 4.79 Å². The van der Waals surface area contributed by atoms with E-state index in [1.165, 1.54) is 6.92 Å². The topological polar surface area (TPSA) is 63.3 Å². The van der Waals surface area contributed by atoms with Gasteiger partial charge in [-0.05, 0) is 18.1 Å². The number of benzene rings is 1. The predicted octanol–water partition coefficient (Wildman–Crippen LogP) is 0.768. The van der Waals surface area contributed by atoms with E-state index in [-0.39, 0.29) is 12.4 Å². The normalized spacial score (nSPS) is 12.5. The Hall–Kier alpha value is -1.19. The van der Waals surface area contributed by atoms with E-state index in [2.05, 4.69) is 0 Å². The van der Waals surface area contributed by atoms with Gasteiger partial charge in [-0.2, -0.15) is 0 Å². The first-order valence-electron chi connectivity index (χ1n) is 4.11. The van der Waals surface area contributed by atoms with E-state index in [1.54, 1.807) is 24.3 Å². The van der Waals surface area contributed by atoms with Crippen molar-refractivity contribution in [3.8, 4) is 0 Å². The number of aliphatic hydroxyl groups excluding tert-OH is 1. The second kappa shape index (κ2) is 4.16. The lowest BCUT2D eigenvalue weighted by molar-refractivity contribution is -0.118. The van der Waals surface area contributed by atoms with Crippen molar-refractivity contribution in [1.82, 2.24) is 0 Å². The molecule has 0 bridgehead atoms. The summed E-state index contributed by atoms with van der Waals surface area (Å²) in [6, 6.07) is 6.52. The van der Waals surface area contributed by atoms with Crippen LogP contribution in [-0.2, 0) is 11.4 Å². The average Bonchev–Trinajstić information content (AvgIpc) is 2.16. The zero-order chi connectivity index (χ0) is 9.84. The van der Waals surface area contributed by atoms with E-state index in [0.29, 0.717) is 0 Å². The van der Waals surface area contributed by atoms with Crippen molar-refractivity contribution in [2.75, 3.05) is 0 Å². The van der Waals surface area contributed by atoms with Crippen LogP contribution in [0.15, 0.2) is 24.3 Å². The molecule has 70 valence electrons. The second-order valence-corrected chi connectivity index (χ2v) is 2.99. The molecule has 1 atom stereocenters. The first-order valence-corrected chi connectivity index (χ1v) is 4.11. The van der Waals surface area contributed by atoms with Crippen molar-refractivity contribution < 1.29 is 9.90 Å². The van der Waals surface area contributed by atoms with Crippen molar-refractivity contribution in [2.24, 2.45) is 5.73 Å². The summed E-state index contributed by atoms with van der Waals surface area (Å²) < 4.78 is 0. The molecule has 0 aliphatic heterocycles. The van der Waals surface area contributed by atoms with Crippen molar-refractivity contribution in [1.29, 1.82) is 0 Å². The Morgan fingerprint density at radius 3 is 2.85 bits per heavy atom. The Kier molecular flexibility index (Phi) is 3.17. The standard InChI is InChI=1S/C10H13NO2/c1-7(13)10(11)9-4-2-3-8(5-9)6-12/h2-5,10,12H,6,11H2,1H3. The Labute approximate surface area is 77.2 Å². The highest BCUT2D eigenvalue weighted by molar-refractivity contribution is 5.82. The molecule has 13 heavy (non-hydrogen) atoms. The molecule has 0 fully saturated rings. The zero-order valence-corrected chi connectivity index (χ0v) is 7.53. The molecule has 1 aromatic rings. The maximum Gasteiger partial charge on any atom is 0.150 e. The number of ketones is 1. The van der Waals surface area contributed by atoms with Gasteiger partial charge in [-0.25, -0.2) is 0 Å². The van der Waals surface area contributed by atoms with Gasteiger partial charge in [-0.3, -0.25) is 4.79 Å². The monoisotopic (exact) mass is 179 g/mol. The van der Waals surface area contributed by atoms with Gasteiger partial charge in [-0.15, -0.1) is 0 Å². The van der Waals surface area contributed by atoms with Crippen LogP contribution >= 0.6 is 0 Å². The summed E-state index contributed by atoms with van der Waals surface area (Å²) in [6.07, 6.45) is 0. The molecule has 3 nitrogen and oxygen atoms in total. The molecule has 0 radical (unpaired) electrons. The highest BCUT2D eigenvalue weighted by Gasteiger charge is 2.10. The largest absolute Gasteiger partial charge is 0.392 e. The molecule has 1 aromatic carbocycles. The summed E-state index contributed by atoms with van der Waals surface area (Å²) in [5, 5.41) is 8.86. The van der Waals surface area contributed by atoms with Gasteiger partial charge in [0.25, 0.3) is 0 Å². The van der Waals surface area contributed by atoms with E-state index in [0.717, 1.165) is 11.1 Å². The van der Waals surface area contributed by atoms with Crippen LogP contribution in [0.2, 0.25) is 0 Å². The fraction of sp³-hybridized carbons (Fsp3) is 0.300. The first-order chi connectivity index (χ1) is 6.15. The molecule has 3 N–H and O–H groups in total. The van der Waals surface area contributed by atoms with E-state index >= 15 is 0 Å². The van der Waals surface area contributed by atoms with Crippen LogP contribution in [-0.4, -0.2) is 10.9 Å². The third-order valence-corrected chi connectivity index (χ3v) is 1.93. The molecule has 0 amide bonds. The van der Waals surface area contributed by atoms with Gasteiger partial charge in [0.05, 0.1) is 12.6 Å². The first kappa shape index (κ1) is 9.89. The molecule has 0 saturated carbocycles. The van der Waals surface area contributed by atoms with Gasteiger partial charge < -0.3 is 10.8 Å². The lowest BCUT2D eigenvalue weighted by Crippen LogP contribution is -2.18. The molecular formula is C10H13NO2. The van der Waals surface area contributed by atoms with E-state index < -0.39 is 6.04 Å². The third-order valence-electron chi connectivity index (χ3n) is 1.93. The summed E-state index contributed by atoms with van der Waals surface area (Å²) >= 11 is 0. The fourth-order valence-corrected chi connectivity index (χ4v) is 1.12. The number of Topliss-reactive ketones (excluding diaryl/α,β-unsaturated/α-hetero) is 1. The van der Waals surface area contributed by atoms with Gasteiger partial charge in [0.2, 0.25) is 0 Å².